The van der Waals surface area contributed by atoms with Crippen LogP contribution in [0.3, 0.4) is 0 Å². The van der Waals surface area contributed by atoms with Gasteiger partial charge in [0.05, 0.1) is 6.10 Å². The molecule has 3 nitrogen and oxygen atoms in total. The van der Waals surface area contributed by atoms with Crippen molar-refractivity contribution in [2.24, 2.45) is 0 Å². The Morgan fingerprint density at radius 1 is 1.09 bits per heavy atom. The Morgan fingerprint density at radius 3 is 2.00 bits per heavy atom. The van der Waals surface area contributed by atoms with E-state index in [0.717, 1.165) is 0 Å². The van der Waals surface area contributed by atoms with E-state index in [-0.39, 0.29) is 6.61 Å². The minimum atomic E-state index is -0.704. The molecule has 1 unspecified atom stereocenters. The van der Waals surface area contributed by atoms with Crippen LogP contribution in [0.2, 0.25) is 0 Å². The smallest absolute Gasteiger partial charge is 0.333 e. The van der Waals surface area contributed by atoms with E-state index in [1.807, 2.05) is 36.4 Å². The van der Waals surface area contributed by atoms with Gasteiger partial charge in [-0.3, -0.25) is 0 Å². The topological polar surface area (TPSA) is 46.5 Å². The van der Waals surface area contributed by atoms with Crippen molar-refractivity contribution in [2.75, 3.05) is 12.8 Å². The lowest BCUT2D eigenvalue weighted by atomic mass is 10.3. The third kappa shape index (κ3) is 5.31. The molecule has 2 aromatic rings. The standard InChI is InChI=1S/C19H21O3P/c1-15(2)19(21)22-13-16(20)14-23(17-9-5-3-6-10-17)18-11-7-4-8-12-18/h3-12,16,20H,1,13-14H2,2H3. The monoisotopic (exact) mass is 328 g/mol. The number of carbonyl (C=O) groups is 1. The Hall–Kier alpha value is -1.96. The Balaban J connectivity index is 2.09. The number of ether oxygens (including phenoxy) is 1. The molecule has 120 valence electrons. The van der Waals surface area contributed by atoms with Gasteiger partial charge in [0.1, 0.15) is 6.61 Å². The van der Waals surface area contributed by atoms with Gasteiger partial charge in [-0.15, -0.1) is 0 Å². The average Bonchev–Trinajstić information content (AvgIpc) is 2.59. The summed E-state index contributed by atoms with van der Waals surface area (Å²) >= 11 is 0. The number of hydrogen-bond donors (Lipinski definition) is 1. The van der Waals surface area contributed by atoms with Crippen molar-refractivity contribution >= 4 is 24.5 Å². The SMILES string of the molecule is C=C(C)C(=O)OCC(O)CP(c1ccccc1)c1ccccc1. The van der Waals surface area contributed by atoms with Crippen LogP contribution in [0.25, 0.3) is 0 Å². The lowest BCUT2D eigenvalue weighted by Gasteiger charge is -2.22. The molecule has 1 atom stereocenters. The molecule has 0 aliphatic heterocycles. The van der Waals surface area contributed by atoms with Gasteiger partial charge in [-0.1, -0.05) is 67.2 Å². The van der Waals surface area contributed by atoms with E-state index in [0.29, 0.717) is 11.7 Å². The molecular weight excluding hydrogens is 307 g/mol. The number of aliphatic hydroxyl groups is 1. The van der Waals surface area contributed by atoms with Crippen LogP contribution in [0.5, 0.6) is 0 Å². The number of aliphatic hydroxyl groups excluding tert-OH is 1. The number of esters is 1. The number of benzene rings is 2. The minimum Gasteiger partial charge on any atom is -0.460 e. The van der Waals surface area contributed by atoms with Crippen molar-refractivity contribution in [2.45, 2.75) is 13.0 Å². The summed E-state index contributed by atoms with van der Waals surface area (Å²) < 4.78 is 5.06. The largest absolute Gasteiger partial charge is 0.460 e. The Morgan fingerprint density at radius 2 is 1.57 bits per heavy atom. The summed E-state index contributed by atoms with van der Waals surface area (Å²) in [5.41, 5.74) is 0.339. The van der Waals surface area contributed by atoms with Crippen LogP contribution in [-0.4, -0.2) is 29.9 Å². The number of hydrogen-bond acceptors (Lipinski definition) is 3. The first-order valence-corrected chi connectivity index (χ1v) is 8.99. The fraction of sp³-hybridized carbons (Fsp3) is 0.211. The Bertz CT molecular complexity index is 601. The van der Waals surface area contributed by atoms with Gasteiger partial charge in [0.15, 0.2) is 0 Å². The van der Waals surface area contributed by atoms with Gasteiger partial charge >= 0.3 is 5.97 Å². The van der Waals surface area contributed by atoms with Crippen molar-refractivity contribution in [3.63, 3.8) is 0 Å². The van der Waals surface area contributed by atoms with Crippen molar-refractivity contribution < 1.29 is 14.6 Å². The van der Waals surface area contributed by atoms with Crippen LogP contribution in [0, 0.1) is 0 Å². The normalized spacial score (nSPS) is 12.0. The summed E-state index contributed by atoms with van der Waals surface area (Å²) in [5, 5.41) is 12.7. The van der Waals surface area contributed by atoms with Crippen molar-refractivity contribution in [3.8, 4) is 0 Å². The van der Waals surface area contributed by atoms with Gasteiger partial charge in [-0.2, -0.15) is 0 Å². The van der Waals surface area contributed by atoms with E-state index in [9.17, 15) is 9.90 Å². The fourth-order valence-electron chi connectivity index (χ4n) is 2.13. The lowest BCUT2D eigenvalue weighted by Crippen LogP contribution is -2.26. The molecule has 0 amide bonds. The summed E-state index contributed by atoms with van der Waals surface area (Å²) in [7, 11) is -0.700. The van der Waals surface area contributed by atoms with E-state index < -0.39 is 20.0 Å². The second kappa shape index (κ2) is 8.61. The summed E-state index contributed by atoms with van der Waals surface area (Å²) in [6.45, 7) is 5.12. The third-order valence-corrected chi connectivity index (χ3v) is 5.91. The Labute approximate surface area is 138 Å². The van der Waals surface area contributed by atoms with E-state index in [2.05, 4.69) is 30.8 Å². The molecule has 0 saturated carbocycles. The highest BCUT2D eigenvalue weighted by atomic mass is 31.1. The molecule has 0 fully saturated rings. The van der Waals surface area contributed by atoms with Gasteiger partial charge in [0.25, 0.3) is 0 Å². The molecule has 2 aromatic carbocycles. The zero-order valence-corrected chi connectivity index (χ0v) is 14.1. The fourth-order valence-corrected chi connectivity index (χ4v) is 4.45. The highest BCUT2D eigenvalue weighted by molar-refractivity contribution is 7.73. The molecule has 2 rings (SSSR count). The minimum absolute atomic E-state index is 0.00973. The first kappa shape index (κ1) is 17.4. The predicted molar refractivity (Wildman–Crippen MR) is 95.7 cm³/mol. The molecule has 0 bridgehead atoms. The van der Waals surface area contributed by atoms with E-state index >= 15 is 0 Å². The molecule has 23 heavy (non-hydrogen) atoms. The second-order valence-corrected chi connectivity index (χ2v) is 7.57. The van der Waals surface area contributed by atoms with E-state index in [1.54, 1.807) is 6.92 Å². The van der Waals surface area contributed by atoms with Crippen LogP contribution in [0.4, 0.5) is 0 Å². The zero-order chi connectivity index (χ0) is 16.7. The maximum absolute atomic E-state index is 11.4. The summed E-state index contributed by atoms with van der Waals surface area (Å²) in [6, 6.07) is 20.3. The third-order valence-electron chi connectivity index (χ3n) is 3.28. The van der Waals surface area contributed by atoms with Crippen molar-refractivity contribution in [3.05, 3.63) is 72.8 Å². The maximum Gasteiger partial charge on any atom is 0.333 e. The molecule has 0 saturated heterocycles. The summed E-state index contributed by atoms with van der Waals surface area (Å²) in [6.07, 6.45) is -0.155. The molecule has 0 aliphatic carbocycles. The molecule has 0 spiro atoms. The highest BCUT2D eigenvalue weighted by Crippen LogP contribution is 2.34. The summed E-state index contributed by atoms with van der Waals surface area (Å²) in [5.74, 6) is -0.465. The van der Waals surface area contributed by atoms with Gasteiger partial charge in [-0.05, 0) is 25.5 Å². The number of rotatable bonds is 7. The quantitative estimate of drug-likeness (QED) is 0.483. The van der Waals surface area contributed by atoms with Crippen LogP contribution >= 0.6 is 7.92 Å². The molecule has 1 N–H and O–H groups in total. The molecular formula is C19H21O3P. The van der Waals surface area contributed by atoms with E-state index in [4.69, 9.17) is 4.74 Å². The molecule has 0 aromatic heterocycles. The second-order valence-electron chi connectivity index (χ2n) is 5.31. The molecule has 0 heterocycles. The van der Waals surface area contributed by atoms with Gasteiger partial charge < -0.3 is 9.84 Å². The van der Waals surface area contributed by atoms with E-state index in [1.165, 1.54) is 10.6 Å². The first-order chi connectivity index (χ1) is 11.1. The van der Waals surface area contributed by atoms with Crippen LogP contribution in [0.1, 0.15) is 6.92 Å². The maximum atomic E-state index is 11.4. The van der Waals surface area contributed by atoms with Crippen LogP contribution < -0.4 is 10.6 Å². The average molecular weight is 328 g/mol. The van der Waals surface area contributed by atoms with Gasteiger partial charge in [-0.25, -0.2) is 4.79 Å². The van der Waals surface area contributed by atoms with Crippen molar-refractivity contribution in [1.29, 1.82) is 0 Å². The van der Waals surface area contributed by atoms with Crippen LogP contribution in [-0.2, 0) is 9.53 Å². The van der Waals surface area contributed by atoms with Crippen molar-refractivity contribution in [1.82, 2.24) is 0 Å². The molecule has 0 aliphatic rings. The molecule has 4 heteroatoms. The first-order valence-electron chi connectivity index (χ1n) is 7.46. The van der Waals surface area contributed by atoms with Gasteiger partial charge in [0.2, 0.25) is 0 Å². The Kier molecular flexibility index (Phi) is 6.52. The van der Waals surface area contributed by atoms with Crippen LogP contribution in [0.15, 0.2) is 72.8 Å². The molecule has 0 radical (unpaired) electrons. The summed E-state index contributed by atoms with van der Waals surface area (Å²) in [4.78, 5) is 11.4. The lowest BCUT2D eigenvalue weighted by molar-refractivity contribution is -0.141. The zero-order valence-electron chi connectivity index (χ0n) is 13.2. The predicted octanol–water partition coefficient (Wildman–Crippen LogP) is 2.60. The number of carbonyl (C=O) groups excluding carboxylic acids is 1. The highest BCUT2D eigenvalue weighted by Gasteiger charge is 2.19. The van der Waals surface area contributed by atoms with Gasteiger partial charge in [0, 0.05) is 11.7 Å².